The van der Waals surface area contributed by atoms with Crippen LogP contribution in [0, 0.1) is 11.7 Å². The summed E-state index contributed by atoms with van der Waals surface area (Å²) < 4.78 is 24.6. The molecule has 2 aromatic rings. The highest BCUT2D eigenvalue weighted by Crippen LogP contribution is 2.32. The number of nitrogens with one attached hydrogen (secondary N) is 2. The molecule has 32 heavy (non-hydrogen) atoms. The SMILES string of the molecule is O=C1COc2ncc(N3CC(CCNCC4Cc5cc(O)cc(F)c5C4)OC3=O)nc2N1. The lowest BCUT2D eigenvalue weighted by Gasteiger charge is -2.18. The molecule has 2 atom stereocenters. The molecule has 1 aromatic carbocycles. The van der Waals surface area contributed by atoms with E-state index < -0.39 is 6.09 Å². The first-order valence-corrected chi connectivity index (χ1v) is 10.4. The Morgan fingerprint density at radius 2 is 2.19 bits per heavy atom. The molecule has 3 N–H and O–H groups in total. The number of anilines is 2. The van der Waals surface area contributed by atoms with Crippen molar-refractivity contribution in [3.8, 4) is 11.6 Å². The smallest absolute Gasteiger partial charge is 0.415 e. The van der Waals surface area contributed by atoms with E-state index in [0.717, 1.165) is 18.1 Å². The Morgan fingerprint density at radius 1 is 1.31 bits per heavy atom. The van der Waals surface area contributed by atoms with Gasteiger partial charge in [0.2, 0.25) is 0 Å². The van der Waals surface area contributed by atoms with Gasteiger partial charge in [0.05, 0.1) is 12.7 Å². The van der Waals surface area contributed by atoms with Crippen LogP contribution in [-0.2, 0) is 22.4 Å². The van der Waals surface area contributed by atoms with Crippen LogP contribution >= 0.6 is 0 Å². The maximum absolute atomic E-state index is 14.0. The number of phenols is 1. The number of hydrogen-bond donors (Lipinski definition) is 3. The van der Waals surface area contributed by atoms with E-state index in [0.29, 0.717) is 38.0 Å². The van der Waals surface area contributed by atoms with Crippen LogP contribution in [0.25, 0.3) is 0 Å². The van der Waals surface area contributed by atoms with Crippen LogP contribution in [0.5, 0.6) is 11.6 Å². The number of hydrogen-bond acceptors (Lipinski definition) is 8. The fraction of sp³-hybridized carbons (Fsp3) is 0.429. The number of cyclic esters (lactones) is 1. The molecule has 11 heteroatoms. The monoisotopic (exact) mass is 443 g/mol. The van der Waals surface area contributed by atoms with E-state index in [4.69, 9.17) is 9.47 Å². The zero-order valence-electron chi connectivity index (χ0n) is 17.1. The van der Waals surface area contributed by atoms with Crippen molar-refractivity contribution in [2.24, 2.45) is 5.92 Å². The normalized spacial score (nSPS) is 21.6. The zero-order chi connectivity index (χ0) is 22.2. The Bertz CT molecular complexity index is 1080. The first kappa shape index (κ1) is 20.4. The van der Waals surface area contributed by atoms with Gasteiger partial charge in [-0.05, 0) is 55.5 Å². The van der Waals surface area contributed by atoms with E-state index in [2.05, 4.69) is 20.6 Å². The van der Waals surface area contributed by atoms with Crippen LogP contribution in [0.4, 0.5) is 20.8 Å². The summed E-state index contributed by atoms with van der Waals surface area (Å²) in [5.41, 5.74) is 1.55. The Morgan fingerprint density at radius 3 is 3.06 bits per heavy atom. The molecule has 2 amide bonds. The summed E-state index contributed by atoms with van der Waals surface area (Å²) in [6, 6.07) is 2.79. The predicted molar refractivity (Wildman–Crippen MR) is 110 cm³/mol. The van der Waals surface area contributed by atoms with Gasteiger partial charge in [0.1, 0.15) is 17.7 Å². The van der Waals surface area contributed by atoms with Crippen molar-refractivity contribution in [3.63, 3.8) is 0 Å². The topological polar surface area (TPSA) is 126 Å². The lowest BCUT2D eigenvalue weighted by molar-refractivity contribution is -0.118. The number of aromatic nitrogens is 2. The van der Waals surface area contributed by atoms with Gasteiger partial charge in [0, 0.05) is 6.07 Å². The number of aromatic hydroxyl groups is 1. The number of amides is 2. The highest BCUT2D eigenvalue weighted by atomic mass is 19.1. The molecule has 5 rings (SSSR count). The molecule has 2 unspecified atom stereocenters. The third-order valence-electron chi connectivity index (χ3n) is 5.82. The van der Waals surface area contributed by atoms with E-state index in [1.165, 1.54) is 11.1 Å². The molecule has 1 saturated heterocycles. The molecule has 3 heterocycles. The van der Waals surface area contributed by atoms with Crippen molar-refractivity contribution in [2.45, 2.75) is 25.4 Å². The molecule has 2 aliphatic heterocycles. The standard InChI is InChI=1S/C21H22FN5O5/c22-16-6-13(28)5-12-3-11(4-15(12)16)7-23-2-1-14-9-27(21(30)32-14)17-8-24-20-19(25-17)26-18(29)10-31-20/h5-6,8,11,14,23,28H,1-4,7,9-10H2,(H,25,26,29). The summed E-state index contributed by atoms with van der Waals surface area (Å²) in [7, 11) is 0. The molecular formula is C21H22FN5O5. The van der Waals surface area contributed by atoms with Crippen molar-refractivity contribution in [3.05, 3.63) is 35.3 Å². The second-order valence-electron chi connectivity index (χ2n) is 8.17. The van der Waals surface area contributed by atoms with E-state index in [-0.39, 0.29) is 53.6 Å². The molecule has 0 saturated carbocycles. The maximum Gasteiger partial charge on any atom is 0.415 e. The van der Waals surface area contributed by atoms with Crippen LogP contribution in [0.3, 0.4) is 0 Å². The van der Waals surface area contributed by atoms with Gasteiger partial charge in [-0.1, -0.05) is 0 Å². The van der Waals surface area contributed by atoms with E-state index in [1.807, 2.05) is 0 Å². The molecule has 3 aliphatic rings. The summed E-state index contributed by atoms with van der Waals surface area (Å²) in [4.78, 5) is 33.5. The summed E-state index contributed by atoms with van der Waals surface area (Å²) in [5, 5.41) is 15.5. The lowest BCUT2D eigenvalue weighted by Crippen LogP contribution is -2.30. The third kappa shape index (κ3) is 4.03. The average Bonchev–Trinajstić information content (AvgIpc) is 3.33. The number of carbonyl (C=O) groups is 2. The molecule has 1 fully saturated rings. The average molecular weight is 443 g/mol. The number of fused-ring (bicyclic) bond motifs is 2. The van der Waals surface area contributed by atoms with Crippen LogP contribution < -0.4 is 20.3 Å². The number of ether oxygens (including phenoxy) is 2. The van der Waals surface area contributed by atoms with Crippen molar-refractivity contribution >= 4 is 23.6 Å². The molecule has 0 spiro atoms. The van der Waals surface area contributed by atoms with E-state index in [9.17, 15) is 19.1 Å². The lowest BCUT2D eigenvalue weighted by atomic mass is 10.1. The van der Waals surface area contributed by atoms with Gasteiger partial charge in [-0.25, -0.2) is 19.2 Å². The molecule has 0 radical (unpaired) electrons. The molecule has 168 valence electrons. The Hall–Kier alpha value is -3.47. The summed E-state index contributed by atoms with van der Waals surface area (Å²) in [6.45, 7) is 1.54. The predicted octanol–water partition coefficient (Wildman–Crippen LogP) is 1.37. The van der Waals surface area contributed by atoms with Crippen LogP contribution in [0.15, 0.2) is 18.3 Å². The van der Waals surface area contributed by atoms with Crippen molar-refractivity contribution in [1.82, 2.24) is 15.3 Å². The third-order valence-corrected chi connectivity index (χ3v) is 5.82. The highest BCUT2D eigenvalue weighted by molar-refractivity contribution is 5.94. The fourth-order valence-electron chi connectivity index (χ4n) is 4.32. The number of benzene rings is 1. The van der Waals surface area contributed by atoms with Crippen LogP contribution in [0.1, 0.15) is 17.5 Å². The van der Waals surface area contributed by atoms with E-state index >= 15 is 0 Å². The quantitative estimate of drug-likeness (QED) is 0.572. The van der Waals surface area contributed by atoms with Crippen molar-refractivity contribution in [1.29, 1.82) is 0 Å². The van der Waals surface area contributed by atoms with E-state index in [1.54, 1.807) is 6.07 Å². The minimum absolute atomic E-state index is 0.0408. The highest BCUT2D eigenvalue weighted by Gasteiger charge is 2.34. The first-order valence-electron chi connectivity index (χ1n) is 10.4. The van der Waals surface area contributed by atoms with Gasteiger partial charge in [0.15, 0.2) is 18.2 Å². The molecule has 1 aromatic heterocycles. The Labute approximate surface area is 182 Å². The minimum Gasteiger partial charge on any atom is -0.508 e. The molecule has 1 aliphatic carbocycles. The van der Waals surface area contributed by atoms with Gasteiger partial charge in [-0.3, -0.25) is 9.69 Å². The number of phenolic OH excluding ortho intramolecular Hbond substituents is 1. The number of halogens is 1. The summed E-state index contributed by atoms with van der Waals surface area (Å²) in [5.74, 6) is 0.209. The largest absolute Gasteiger partial charge is 0.508 e. The van der Waals surface area contributed by atoms with Crippen molar-refractivity contribution in [2.75, 3.05) is 36.5 Å². The number of nitrogens with zero attached hydrogens (tertiary/aromatic N) is 3. The summed E-state index contributed by atoms with van der Waals surface area (Å²) >= 11 is 0. The van der Waals surface area contributed by atoms with Gasteiger partial charge in [0.25, 0.3) is 11.8 Å². The van der Waals surface area contributed by atoms with Crippen LogP contribution in [0.2, 0.25) is 0 Å². The molecular weight excluding hydrogens is 421 g/mol. The Balaban J connectivity index is 1.10. The number of carbonyl (C=O) groups excluding carboxylic acids is 2. The molecule has 10 nitrogen and oxygen atoms in total. The van der Waals surface area contributed by atoms with Gasteiger partial charge in [-0.15, -0.1) is 0 Å². The fourth-order valence-corrected chi connectivity index (χ4v) is 4.32. The maximum atomic E-state index is 14.0. The van der Waals surface area contributed by atoms with Crippen molar-refractivity contribution < 1.29 is 28.6 Å². The number of rotatable bonds is 6. The summed E-state index contributed by atoms with van der Waals surface area (Å²) in [6.07, 6.45) is 2.54. The Kier molecular flexibility index (Phi) is 5.25. The van der Waals surface area contributed by atoms with Gasteiger partial charge < -0.3 is 25.2 Å². The zero-order valence-corrected chi connectivity index (χ0v) is 17.1. The van der Waals surface area contributed by atoms with Gasteiger partial charge in [-0.2, -0.15) is 0 Å². The second-order valence-corrected chi connectivity index (χ2v) is 8.17. The first-order chi connectivity index (χ1) is 15.5. The van der Waals surface area contributed by atoms with Crippen LogP contribution in [-0.4, -0.2) is 59.4 Å². The minimum atomic E-state index is -0.520. The molecule has 0 bridgehead atoms. The second kappa shape index (κ2) is 8.23. The van der Waals surface area contributed by atoms with Gasteiger partial charge >= 0.3 is 6.09 Å².